The summed E-state index contributed by atoms with van der Waals surface area (Å²) in [6.07, 6.45) is 4.79. The molecule has 1 aromatic heterocycles. The van der Waals surface area contributed by atoms with Crippen LogP contribution in [0.2, 0.25) is 0 Å². The third kappa shape index (κ3) is 3.69. The summed E-state index contributed by atoms with van der Waals surface area (Å²) >= 11 is 3.51. The molecule has 1 aliphatic rings. The number of rotatable bonds is 4. The van der Waals surface area contributed by atoms with Gasteiger partial charge in [-0.15, -0.1) is 0 Å². The van der Waals surface area contributed by atoms with Crippen molar-refractivity contribution >= 4 is 15.9 Å². The van der Waals surface area contributed by atoms with Crippen LogP contribution in [-0.2, 0) is 6.42 Å². The van der Waals surface area contributed by atoms with E-state index in [4.69, 9.17) is 9.15 Å². The largest absolute Gasteiger partial charge is 0.493 e. The molecular weight excluding hydrogens is 330 g/mol. The molecule has 1 N–H and O–H groups in total. The topological polar surface area (TPSA) is 34.4 Å². The Kier molecular flexibility index (Phi) is 4.66. The van der Waals surface area contributed by atoms with Gasteiger partial charge in [0.25, 0.3) is 0 Å². The molecule has 3 nitrogen and oxygen atoms in total. The van der Waals surface area contributed by atoms with Crippen LogP contribution in [0.15, 0.2) is 45.5 Å². The molecule has 0 spiro atoms. The Balaban J connectivity index is 1.73. The summed E-state index contributed by atoms with van der Waals surface area (Å²) < 4.78 is 12.4. The molecule has 2 atom stereocenters. The van der Waals surface area contributed by atoms with E-state index in [9.17, 15) is 0 Å². The third-order valence-corrected chi connectivity index (χ3v) is 4.31. The van der Waals surface area contributed by atoms with E-state index in [-0.39, 0.29) is 0 Å². The van der Waals surface area contributed by atoms with Crippen molar-refractivity contribution in [2.45, 2.75) is 38.3 Å². The lowest BCUT2D eigenvalue weighted by Gasteiger charge is -2.23. The summed E-state index contributed by atoms with van der Waals surface area (Å²) in [5, 5.41) is 3.72. The number of hydrogen-bond donors (Lipinski definition) is 1. The van der Waals surface area contributed by atoms with Crippen LogP contribution in [0.4, 0.5) is 0 Å². The van der Waals surface area contributed by atoms with Gasteiger partial charge in [0, 0.05) is 28.5 Å². The van der Waals surface area contributed by atoms with Gasteiger partial charge in [-0.3, -0.25) is 0 Å². The number of hydrogen-bond acceptors (Lipinski definition) is 3. The first-order valence-corrected chi connectivity index (χ1v) is 8.22. The Labute approximate surface area is 133 Å². The number of furan rings is 1. The number of ether oxygens (including phenoxy) is 1. The first-order valence-electron chi connectivity index (χ1n) is 7.43. The normalized spacial score (nSPS) is 19.4. The average Bonchev–Trinajstić information content (AvgIpc) is 2.87. The highest BCUT2D eigenvalue weighted by atomic mass is 79.9. The minimum atomic E-state index is 0.334. The number of nitrogens with one attached hydrogen (secondary N) is 1. The molecule has 0 amide bonds. The van der Waals surface area contributed by atoms with Crippen molar-refractivity contribution in [1.82, 2.24) is 5.32 Å². The van der Waals surface area contributed by atoms with Crippen molar-refractivity contribution in [2.24, 2.45) is 0 Å². The van der Waals surface area contributed by atoms with Crippen molar-refractivity contribution in [1.29, 1.82) is 0 Å². The second-order valence-corrected chi connectivity index (χ2v) is 6.49. The van der Waals surface area contributed by atoms with E-state index in [0.29, 0.717) is 12.1 Å². The maximum Gasteiger partial charge on any atom is 0.125 e. The SMILES string of the molecule is CC(Cc1ccco1)NC1CCCOc2cc(Br)ccc21. The fourth-order valence-electron chi connectivity index (χ4n) is 2.85. The van der Waals surface area contributed by atoms with Gasteiger partial charge in [0.1, 0.15) is 11.5 Å². The van der Waals surface area contributed by atoms with Gasteiger partial charge in [0.15, 0.2) is 0 Å². The van der Waals surface area contributed by atoms with E-state index in [1.807, 2.05) is 12.1 Å². The molecule has 2 heterocycles. The quantitative estimate of drug-likeness (QED) is 0.883. The fourth-order valence-corrected chi connectivity index (χ4v) is 3.19. The maximum atomic E-state index is 5.86. The van der Waals surface area contributed by atoms with E-state index in [1.165, 1.54) is 5.56 Å². The lowest BCUT2D eigenvalue weighted by molar-refractivity contribution is 0.314. The fraction of sp³-hybridized carbons (Fsp3) is 0.412. The molecule has 0 bridgehead atoms. The van der Waals surface area contributed by atoms with Crippen LogP contribution in [0.3, 0.4) is 0 Å². The van der Waals surface area contributed by atoms with E-state index in [2.05, 4.69) is 46.4 Å². The van der Waals surface area contributed by atoms with Crippen molar-refractivity contribution in [3.63, 3.8) is 0 Å². The van der Waals surface area contributed by atoms with Crippen molar-refractivity contribution in [3.05, 3.63) is 52.4 Å². The molecule has 3 rings (SSSR count). The zero-order chi connectivity index (χ0) is 14.7. The van der Waals surface area contributed by atoms with Gasteiger partial charge in [-0.05, 0) is 44.0 Å². The second kappa shape index (κ2) is 6.67. The Morgan fingerprint density at radius 3 is 3.10 bits per heavy atom. The monoisotopic (exact) mass is 349 g/mol. The molecule has 21 heavy (non-hydrogen) atoms. The van der Waals surface area contributed by atoms with Gasteiger partial charge >= 0.3 is 0 Å². The van der Waals surface area contributed by atoms with Crippen LogP contribution >= 0.6 is 15.9 Å². The molecule has 0 saturated carbocycles. The summed E-state index contributed by atoms with van der Waals surface area (Å²) in [6, 6.07) is 11.0. The van der Waals surface area contributed by atoms with Gasteiger partial charge in [-0.1, -0.05) is 22.0 Å². The average molecular weight is 350 g/mol. The Morgan fingerprint density at radius 1 is 1.38 bits per heavy atom. The summed E-state index contributed by atoms with van der Waals surface area (Å²) in [5.41, 5.74) is 1.25. The molecule has 2 unspecified atom stereocenters. The Morgan fingerprint density at radius 2 is 2.29 bits per heavy atom. The smallest absolute Gasteiger partial charge is 0.125 e. The van der Waals surface area contributed by atoms with Crippen LogP contribution in [-0.4, -0.2) is 12.6 Å². The lowest BCUT2D eigenvalue weighted by atomic mass is 10.0. The summed E-state index contributed by atoms with van der Waals surface area (Å²) in [6.45, 7) is 2.99. The summed E-state index contributed by atoms with van der Waals surface area (Å²) in [4.78, 5) is 0. The first kappa shape index (κ1) is 14.7. The molecule has 112 valence electrons. The number of benzene rings is 1. The third-order valence-electron chi connectivity index (χ3n) is 3.82. The van der Waals surface area contributed by atoms with E-state index >= 15 is 0 Å². The summed E-state index contributed by atoms with van der Waals surface area (Å²) in [5.74, 6) is 2.01. The van der Waals surface area contributed by atoms with Crippen LogP contribution in [0, 0.1) is 0 Å². The minimum Gasteiger partial charge on any atom is -0.493 e. The highest BCUT2D eigenvalue weighted by molar-refractivity contribution is 9.10. The van der Waals surface area contributed by atoms with Crippen molar-refractivity contribution < 1.29 is 9.15 Å². The highest BCUT2D eigenvalue weighted by Gasteiger charge is 2.21. The molecular formula is C17H20BrNO2. The minimum absolute atomic E-state index is 0.334. The Bertz CT molecular complexity index is 582. The first-order chi connectivity index (χ1) is 10.2. The van der Waals surface area contributed by atoms with E-state index < -0.39 is 0 Å². The van der Waals surface area contributed by atoms with E-state index in [0.717, 1.165) is 41.9 Å². The van der Waals surface area contributed by atoms with Crippen LogP contribution in [0.25, 0.3) is 0 Å². The zero-order valence-corrected chi connectivity index (χ0v) is 13.7. The predicted molar refractivity (Wildman–Crippen MR) is 86.6 cm³/mol. The van der Waals surface area contributed by atoms with Crippen molar-refractivity contribution in [3.8, 4) is 5.75 Å². The van der Waals surface area contributed by atoms with Crippen LogP contribution < -0.4 is 10.1 Å². The molecule has 1 aromatic carbocycles. The van der Waals surface area contributed by atoms with Gasteiger partial charge in [0.2, 0.25) is 0 Å². The Hall–Kier alpha value is -1.26. The molecule has 1 aliphatic heterocycles. The zero-order valence-electron chi connectivity index (χ0n) is 12.1. The molecule has 0 fully saturated rings. The van der Waals surface area contributed by atoms with Crippen LogP contribution in [0.1, 0.15) is 37.1 Å². The molecule has 0 saturated heterocycles. The number of fused-ring (bicyclic) bond motifs is 1. The van der Waals surface area contributed by atoms with E-state index in [1.54, 1.807) is 6.26 Å². The predicted octanol–water partition coefficient (Wildman–Crippen LogP) is 4.48. The van der Waals surface area contributed by atoms with Crippen LogP contribution in [0.5, 0.6) is 5.75 Å². The van der Waals surface area contributed by atoms with Crippen molar-refractivity contribution in [2.75, 3.05) is 6.61 Å². The molecule has 2 aromatic rings. The standard InChI is InChI=1S/C17H20BrNO2/c1-12(10-14-4-2-8-20-14)19-16-5-3-9-21-17-11-13(18)6-7-15(16)17/h2,4,6-8,11-12,16,19H,3,5,9-10H2,1H3. The maximum absolute atomic E-state index is 5.86. The van der Waals surface area contributed by atoms with Gasteiger partial charge in [-0.2, -0.15) is 0 Å². The van der Waals surface area contributed by atoms with Gasteiger partial charge in [-0.25, -0.2) is 0 Å². The highest BCUT2D eigenvalue weighted by Crippen LogP contribution is 2.34. The molecule has 4 heteroatoms. The lowest BCUT2D eigenvalue weighted by Crippen LogP contribution is -2.32. The number of halogens is 1. The summed E-state index contributed by atoms with van der Waals surface area (Å²) in [7, 11) is 0. The molecule has 0 radical (unpaired) electrons. The molecule has 0 aliphatic carbocycles. The second-order valence-electron chi connectivity index (χ2n) is 5.58. The van der Waals surface area contributed by atoms with Gasteiger partial charge < -0.3 is 14.5 Å². The van der Waals surface area contributed by atoms with Gasteiger partial charge in [0.05, 0.1) is 12.9 Å².